The largest absolute Gasteiger partial charge is 0.497 e. The van der Waals surface area contributed by atoms with E-state index in [1.54, 1.807) is 48.5 Å². The van der Waals surface area contributed by atoms with Crippen LogP contribution in [0.3, 0.4) is 0 Å². The molecule has 1 saturated heterocycles. The van der Waals surface area contributed by atoms with Gasteiger partial charge in [-0.05, 0) is 59.7 Å². The molecule has 0 aliphatic carbocycles. The minimum atomic E-state index is -1.11. The number of hydrogen-bond acceptors (Lipinski definition) is 7. The number of hydrogen-bond donors (Lipinski definition) is 1. The third-order valence-electron chi connectivity index (χ3n) is 8.17. The Labute approximate surface area is 267 Å². The molecule has 0 saturated carbocycles. The minimum Gasteiger partial charge on any atom is -0.497 e. The maximum Gasteiger partial charge on any atom is 0.299 e. The Morgan fingerprint density at radius 2 is 1.61 bits per heavy atom. The van der Waals surface area contributed by atoms with Crippen LogP contribution in [0, 0.1) is 0 Å². The Balaban J connectivity index is 1.34. The number of fused-ring (bicyclic) bond motifs is 1. The first-order chi connectivity index (χ1) is 22.4. The number of methoxy groups -OCH3 is 1. The van der Waals surface area contributed by atoms with E-state index in [9.17, 15) is 19.2 Å². The highest BCUT2D eigenvalue weighted by Gasteiger charge is 2.39. The zero-order valence-electron chi connectivity index (χ0n) is 25.4. The number of Topliss-reactive ketones (excluding diaryl/α,β-unsaturated/α-hetero) is 1. The molecule has 1 unspecified atom stereocenters. The van der Waals surface area contributed by atoms with Crippen LogP contribution in [0.15, 0.2) is 103 Å². The van der Waals surface area contributed by atoms with Crippen molar-refractivity contribution in [3.63, 3.8) is 0 Å². The van der Waals surface area contributed by atoms with Crippen molar-refractivity contribution < 1.29 is 28.7 Å². The minimum absolute atomic E-state index is 0.0720. The van der Waals surface area contributed by atoms with E-state index in [1.807, 2.05) is 54.6 Å². The quantitative estimate of drug-likeness (QED) is 0.261. The Morgan fingerprint density at radius 1 is 0.891 bits per heavy atom. The molecule has 0 radical (unpaired) electrons. The van der Waals surface area contributed by atoms with E-state index in [-0.39, 0.29) is 12.1 Å². The lowest BCUT2D eigenvalue weighted by Gasteiger charge is -2.33. The second-order valence-electron chi connectivity index (χ2n) is 11.1. The number of rotatable bonds is 10. The van der Waals surface area contributed by atoms with Crippen molar-refractivity contribution in [3.8, 4) is 5.75 Å². The van der Waals surface area contributed by atoms with Gasteiger partial charge in [-0.3, -0.25) is 24.1 Å². The fourth-order valence-corrected chi connectivity index (χ4v) is 5.81. The van der Waals surface area contributed by atoms with Gasteiger partial charge in [0.2, 0.25) is 5.91 Å². The number of carbonyl (C=O) groups is 4. The molecule has 0 spiro atoms. The van der Waals surface area contributed by atoms with E-state index >= 15 is 0 Å². The molecule has 2 aliphatic rings. The van der Waals surface area contributed by atoms with Gasteiger partial charge in [-0.1, -0.05) is 54.6 Å². The number of nitrogens with one attached hydrogen (secondary N) is 1. The molecule has 2 heterocycles. The Hall–Kier alpha value is -5.48. The fourth-order valence-electron chi connectivity index (χ4n) is 5.81. The van der Waals surface area contributed by atoms with Crippen LogP contribution in [0.1, 0.15) is 27.5 Å². The van der Waals surface area contributed by atoms with Gasteiger partial charge >= 0.3 is 0 Å². The van der Waals surface area contributed by atoms with Gasteiger partial charge in [-0.15, -0.1) is 0 Å². The van der Waals surface area contributed by atoms with Gasteiger partial charge in [-0.2, -0.15) is 0 Å². The SMILES string of the molecule is COc1cccc(C(C(=O)Nc2ccc(N3CCOCC3)cc2)N(Cc2ccccc2)C(=O)CN2C(=O)C(=O)c3ccccc32)c1. The van der Waals surface area contributed by atoms with E-state index in [0.717, 1.165) is 24.3 Å². The topological polar surface area (TPSA) is 108 Å². The molecule has 4 aromatic carbocycles. The lowest BCUT2D eigenvalue weighted by molar-refractivity contribution is -0.139. The van der Waals surface area contributed by atoms with Crippen molar-refractivity contribution in [3.05, 3.63) is 120 Å². The van der Waals surface area contributed by atoms with Crippen LogP contribution in [0.25, 0.3) is 0 Å². The van der Waals surface area contributed by atoms with Crippen LogP contribution in [-0.4, -0.2) is 68.4 Å². The average molecular weight is 619 g/mol. The molecule has 1 atom stereocenters. The molecule has 0 aromatic heterocycles. The summed E-state index contributed by atoms with van der Waals surface area (Å²) in [5.41, 5.74) is 3.52. The van der Waals surface area contributed by atoms with Gasteiger partial charge in [0.1, 0.15) is 18.3 Å². The van der Waals surface area contributed by atoms with Crippen LogP contribution >= 0.6 is 0 Å². The summed E-state index contributed by atoms with van der Waals surface area (Å²) in [6, 6.07) is 29.4. The molecule has 10 nitrogen and oxygen atoms in total. The normalized spacial score (nSPS) is 14.9. The molecule has 10 heteroatoms. The molecule has 1 N–H and O–H groups in total. The predicted octanol–water partition coefficient (Wildman–Crippen LogP) is 4.47. The number of carbonyl (C=O) groups excluding carboxylic acids is 4. The molecular formula is C36H34N4O6. The molecular weight excluding hydrogens is 584 g/mol. The molecule has 3 amide bonds. The number of amides is 3. The number of anilines is 3. The average Bonchev–Trinajstić information content (AvgIpc) is 3.34. The summed E-state index contributed by atoms with van der Waals surface area (Å²) in [5, 5.41) is 3.00. The Kier molecular flexibility index (Phi) is 9.07. The standard InChI is InChI=1S/C36H34N4O6/c1-45-29-11-7-10-26(22-29)33(35(43)37-27-14-16-28(17-15-27)38-18-20-46-21-19-38)40(23-25-8-3-2-4-9-25)32(41)24-39-31-13-6-5-12-30(31)34(42)36(39)44/h2-17,22,33H,18-21,23-24H2,1H3,(H,37,43). The molecule has 0 bridgehead atoms. The van der Waals surface area contributed by atoms with Crippen molar-refractivity contribution in [2.24, 2.45) is 0 Å². The third kappa shape index (κ3) is 6.47. The summed E-state index contributed by atoms with van der Waals surface area (Å²) in [6.07, 6.45) is 0. The molecule has 2 aliphatic heterocycles. The Bertz CT molecular complexity index is 1740. The van der Waals surface area contributed by atoms with Gasteiger partial charge < -0.3 is 24.6 Å². The van der Waals surface area contributed by atoms with Crippen molar-refractivity contribution >= 4 is 40.6 Å². The zero-order chi connectivity index (χ0) is 32.0. The summed E-state index contributed by atoms with van der Waals surface area (Å²) in [6.45, 7) is 2.55. The first-order valence-electron chi connectivity index (χ1n) is 15.1. The summed E-state index contributed by atoms with van der Waals surface area (Å²) < 4.78 is 10.9. The highest BCUT2D eigenvalue weighted by atomic mass is 16.5. The first kappa shape index (κ1) is 30.5. The highest BCUT2D eigenvalue weighted by Crippen LogP contribution is 2.32. The smallest absolute Gasteiger partial charge is 0.299 e. The number of ketones is 1. The van der Waals surface area contributed by atoms with Crippen molar-refractivity contribution in [1.29, 1.82) is 0 Å². The summed E-state index contributed by atoms with van der Waals surface area (Å²) in [7, 11) is 1.53. The van der Waals surface area contributed by atoms with Crippen LogP contribution in [-0.2, 0) is 25.7 Å². The number of benzene rings is 4. The van der Waals surface area contributed by atoms with E-state index in [1.165, 1.54) is 16.9 Å². The third-order valence-corrected chi connectivity index (χ3v) is 8.17. The molecule has 46 heavy (non-hydrogen) atoms. The number of para-hydroxylation sites is 1. The number of nitrogens with zero attached hydrogens (tertiary/aromatic N) is 3. The van der Waals surface area contributed by atoms with E-state index in [4.69, 9.17) is 9.47 Å². The van der Waals surface area contributed by atoms with Gasteiger partial charge in [0, 0.05) is 31.0 Å². The molecule has 6 rings (SSSR count). The van der Waals surface area contributed by atoms with Crippen LogP contribution in [0.5, 0.6) is 5.75 Å². The van der Waals surface area contributed by atoms with E-state index in [0.29, 0.717) is 35.9 Å². The van der Waals surface area contributed by atoms with Crippen molar-refractivity contribution in [2.75, 3.05) is 55.1 Å². The highest BCUT2D eigenvalue weighted by molar-refractivity contribution is 6.52. The maximum absolute atomic E-state index is 14.3. The van der Waals surface area contributed by atoms with Gasteiger partial charge in [-0.25, -0.2) is 0 Å². The monoisotopic (exact) mass is 618 g/mol. The maximum atomic E-state index is 14.3. The molecule has 4 aromatic rings. The van der Waals surface area contributed by atoms with E-state index in [2.05, 4.69) is 10.2 Å². The molecule has 234 valence electrons. The van der Waals surface area contributed by atoms with Crippen LogP contribution < -0.4 is 19.9 Å². The number of ether oxygens (including phenoxy) is 2. The van der Waals surface area contributed by atoms with Gasteiger partial charge in [0.15, 0.2) is 0 Å². The summed E-state index contributed by atoms with van der Waals surface area (Å²) in [5.74, 6) is -1.88. The van der Waals surface area contributed by atoms with E-state index < -0.39 is 36.1 Å². The lowest BCUT2D eigenvalue weighted by atomic mass is 10.0. The fraction of sp³-hybridized carbons (Fsp3) is 0.222. The number of morpholine rings is 1. The van der Waals surface area contributed by atoms with Crippen molar-refractivity contribution in [1.82, 2.24) is 4.90 Å². The predicted molar refractivity (Wildman–Crippen MR) is 174 cm³/mol. The zero-order valence-corrected chi connectivity index (χ0v) is 25.4. The molecule has 1 fully saturated rings. The van der Waals surface area contributed by atoms with Crippen LogP contribution in [0.2, 0.25) is 0 Å². The second-order valence-corrected chi connectivity index (χ2v) is 11.1. The van der Waals surface area contributed by atoms with Crippen molar-refractivity contribution in [2.45, 2.75) is 12.6 Å². The van der Waals surface area contributed by atoms with Gasteiger partial charge in [0.25, 0.3) is 17.6 Å². The summed E-state index contributed by atoms with van der Waals surface area (Å²) >= 11 is 0. The van der Waals surface area contributed by atoms with Gasteiger partial charge in [0.05, 0.1) is 31.6 Å². The first-order valence-corrected chi connectivity index (χ1v) is 15.1. The Morgan fingerprint density at radius 3 is 2.35 bits per heavy atom. The second kappa shape index (κ2) is 13.7. The summed E-state index contributed by atoms with van der Waals surface area (Å²) in [4.78, 5) is 59.2. The lowest BCUT2D eigenvalue weighted by Crippen LogP contribution is -2.46. The van der Waals surface area contributed by atoms with Crippen LogP contribution in [0.4, 0.5) is 17.1 Å².